The highest BCUT2D eigenvalue weighted by Crippen LogP contribution is 2.33. The Hall–Kier alpha value is -5.19. The van der Waals surface area contributed by atoms with Gasteiger partial charge in [0.15, 0.2) is 12.4 Å². The predicted molar refractivity (Wildman–Crippen MR) is 145 cm³/mol. The number of amides is 2. The van der Waals surface area contributed by atoms with Crippen LogP contribution in [0.25, 0.3) is 0 Å². The largest absolute Gasteiger partial charge is 0.456 e. The molecule has 0 radical (unpaired) electrons. The Morgan fingerprint density at radius 2 is 1.54 bits per heavy atom. The van der Waals surface area contributed by atoms with Crippen LogP contribution in [0.5, 0.6) is 5.75 Å². The van der Waals surface area contributed by atoms with Crippen molar-refractivity contribution in [1.82, 2.24) is 4.90 Å². The zero-order chi connectivity index (χ0) is 29.8. The highest BCUT2D eigenvalue weighted by molar-refractivity contribution is 6.24. The summed E-state index contributed by atoms with van der Waals surface area (Å²) in [6.07, 6.45) is 0.0212. The lowest BCUT2D eigenvalue weighted by Crippen LogP contribution is -2.46. The van der Waals surface area contributed by atoms with Crippen molar-refractivity contribution in [3.63, 3.8) is 0 Å². The van der Waals surface area contributed by atoms with Gasteiger partial charge in [-0.2, -0.15) is 0 Å². The molecule has 210 valence electrons. The van der Waals surface area contributed by atoms with Gasteiger partial charge in [-0.15, -0.1) is 0 Å². The molecule has 41 heavy (non-hydrogen) atoms. The van der Waals surface area contributed by atoms with E-state index >= 15 is 0 Å². The maximum Gasteiger partial charge on any atom is 0.343 e. The fourth-order valence-electron chi connectivity index (χ4n) is 4.36. The summed E-state index contributed by atoms with van der Waals surface area (Å²) >= 11 is 0. The lowest BCUT2D eigenvalue weighted by molar-refractivity contribution is -0.385. The molecule has 1 heterocycles. The van der Waals surface area contributed by atoms with Crippen molar-refractivity contribution >= 4 is 35.2 Å². The minimum Gasteiger partial charge on any atom is -0.456 e. The highest BCUT2D eigenvalue weighted by atomic mass is 16.6. The average molecular weight is 559 g/mol. The van der Waals surface area contributed by atoms with Crippen LogP contribution >= 0.6 is 0 Å². The number of Topliss-reactive ketones (excluding diaryl/α,β-unsaturated/α-hetero) is 1. The molecule has 0 bridgehead atoms. The number of aryl methyl sites for hydroxylation is 1. The van der Waals surface area contributed by atoms with Crippen LogP contribution in [0.2, 0.25) is 0 Å². The van der Waals surface area contributed by atoms with Crippen molar-refractivity contribution in [3.05, 3.63) is 105 Å². The quantitative estimate of drug-likeness (QED) is 0.0871. The molecule has 1 atom stereocenters. The molecule has 3 aromatic carbocycles. The fourth-order valence-corrected chi connectivity index (χ4v) is 4.36. The molecule has 0 saturated heterocycles. The third kappa shape index (κ3) is 6.19. The second-order valence-corrected chi connectivity index (χ2v) is 9.89. The number of nitrogens with zero attached hydrogens (tertiary/aromatic N) is 2. The number of hydrogen-bond acceptors (Lipinski definition) is 9. The predicted octanol–water partition coefficient (Wildman–Crippen LogP) is 4.56. The number of imide groups is 1. The summed E-state index contributed by atoms with van der Waals surface area (Å²) in [5.41, 5.74) is 0.431. The van der Waals surface area contributed by atoms with Crippen molar-refractivity contribution in [1.29, 1.82) is 0 Å². The van der Waals surface area contributed by atoms with Gasteiger partial charge >= 0.3 is 11.9 Å². The van der Waals surface area contributed by atoms with Crippen LogP contribution in [0.3, 0.4) is 0 Å². The Morgan fingerprint density at radius 3 is 2.15 bits per heavy atom. The Bertz CT molecular complexity index is 1540. The normalized spacial score (nSPS) is 13.1. The summed E-state index contributed by atoms with van der Waals surface area (Å²) in [6.45, 7) is 4.74. The second-order valence-electron chi connectivity index (χ2n) is 9.89. The molecule has 0 N–H and O–H groups in total. The van der Waals surface area contributed by atoms with Crippen molar-refractivity contribution < 1.29 is 38.4 Å². The molecule has 1 aliphatic rings. The molecule has 0 saturated carbocycles. The van der Waals surface area contributed by atoms with E-state index in [2.05, 4.69) is 0 Å². The fraction of sp³-hybridized carbons (Fsp3) is 0.233. The standard InChI is InChI=1S/C30H26N2O9/c1-17(2)15-24(31-27(34)22-5-4-6-23(32(38)39)26(22)28(31)35)30(37)40-16-25(33)19-11-13-21(14-12-19)41-29(36)20-9-7-18(3)8-10-20/h4-14,17,24H,15-16H2,1-3H3. The lowest BCUT2D eigenvalue weighted by Gasteiger charge is -2.25. The Labute approximate surface area is 234 Å². The Kier molecular flexibility index (Phi) is 8.37. The molecule has 11 nitrogen and oxygen atoms in total. The molecule has 0 aromatic heterocycles. The van der Waals surface area contributed by atoms with E-state index in [1.54, 1.807) is 38.1 Å². The van der Waals surface area contributed by atoms with Crippen LogP contribution in [0.4, 0.5) is 5.69 Å². The Balaban J connectivity index is 1.43. The van der Waals surface area contributed by atoms with E-state index in [-0.39, 0.29) is 34.8 Å². The number of rotatable bonds is 10. The maximum absolute atomic E-state index is 13.1. The Morgan fingerprint density at radius 1 is 0.902 bits per heavy atom. The first-order chi connectivity index (χ1) is 19.5. The van der Waals surface area contributed by atoms with Gasteiger partial charge in [0.1, 0.15) is 17.4 Å². The van der Waals surface area contributed by atoms with E-state index in [1.165, 1.54) is 36.4 Å². The SMILES string of the molecule is Cc1ccc(C(=O)Oc2ccc(C(=O)COC(=O)C(CC(C)C)N3C(=O)c4cccc([N+](=O)[O-])c4C3=O)cc2)cc1. The first kappa shape index (κ1) is 28.8. The number of carbonyl (C=O) groups is 5. The zero-order valence-electron chi connectivity index (χ0n) is 22.5. The highest BCUT2D eigenvalue weighted by Gasteiger charge is 2.47. The van der Waals surface area contributed by atoms with Gasteiger partial charge in [0, 0.05) is 11.6 Å². The number of nitro benzene ring substituents is 1. The van der Waals surface area contributed by atoms with E-state index in [0.717, 1.165) is 11.6 Å². The average Bonchev–Trinajstić information content (AvgIpc) is 3.20. The smallest absolute Gasteiger partial charge is 0.343 e. The summed E-state index contributed by atoms with van der Waals surface area (Å²) in [4.78, 5) is 75.6. The molecule has 4 rings (SSSR count). The van der Waals surface area contributed by atoms with Crippen LogP contribution in [0.15, 0.2) is 66.7 Å². The van der Waals surface area contributed by atoms with Crippen LogP contribution in [-0.2, 0) is 9.53 Å². The molecule has 0 aliphatic carbocycles. The number of fused-ring (bicyclic) bond motifs is 1. The molecule has 2 amide bonds. The summed E-state index contributed by atoms with van der Waals surface area (Å²) in [5, 5.41) is 11.4. The number of esters is 2. The van der Waals surface area contributed by atoms with Gasteiger partial charge in [0.05, 0.1) is 16.1 Å². The molecular formula is C30H26N2O9. The molecule has 11 heteroatoms. The van der Waals surface area contributed by atoms with E-state index < -0.39 is 52.8 Å². The first-order valence-electron chi connectivity index (χ1n) is 12.7. The van der Waals surface area contributed by atoms with Gasteiger partial charge in [-0.05, 0) is 61.7 Å². The van der Waals surface area contributed by atoms with Crippen LogP contribution in [0.1, 0.15) is 67.3 Å². The van der Waals surface area contributed by atoms with Crippen molar-refractivity contribution in [2.45, 2.75) is 33.2 Å². The third-order valence-corrected chi connectivity index (χ3v) is 6.42. The number of hydrogen-bond donors (Lipinski definition) is 0. The number of carbonyl (C=O) groups excluding carboxylic acids is 5. The number of benzene rings is 3. The minimum atomic E-state index is -1.39. The zero-order valence-corrected chi connectivity index (χ0v) is 22.5. The van der Waals surface area contributed by atoms with E-state index in [9.17, 15) is 34.1 Å². The van der Waals surface area contributed by atoms with E-state index in [0.29, 0.717) is 10.5 Å². The molecule has 0 spiro atoms. The van der Waals surface area contributed by atoms with Crippen molar-refractivity contribution in [2.24, 2.45) is 5.92 Å². The summed E-state index contributed by atoms with van der Waals surface area (Å²) in [6, 6.07) is 14.8. The molecule has 0 fully saturated rings. The van der Waals surface area contributed by atoms with Gasteiger partial charge in [-0.25, -0.2) is 9.59 Å². The van der Waals surface area contributed by atoms with Crippen LogP contribution < -0.4 is 4.74 Å². The van der Waals surface area contributed by atoms with Crippen molar-refractivity contribution in [3.8, 4) is 5.75 Å². The van der Waals surface area contributed by atoms with Gasteiger partial charge in [-0.3, -0.25) is 29.4 Å². The molecule has 1 unspecified atom stereocenters. The van der Waals surface area contributed by atoms with Gasteiger partial charge in [0.25, 0.3) is 17.5 Å². The van der Waals surface area contributed by atoms with Crippen LogP contribution in [-0.4, -0.2) is 52.0 Å². The summed E-state index contributed by atoms with van der Waals surface area (Å²) in [5.74, 6) is -3.91. The maximum atomic E-state index is 13.1. The van der Waals surface area contributed by atoms with Crippen LogP contribution in [0, 0.1) is 23.0 Å². The summed E-state index contributed by atoms with van der Waals surface area (Å²) in [7, 11) is 0. The molecule has 1 aliphatic heterocycles. The minimum absolute atomic E-state index is 0.0212. The summed E-state index contributed by atoms with van der Waals surface area (Å²) < 4.78 is 10.5. The lowest BCUT2D eigenvalue weighted by atomic mass is 10.0. The third-order valence-electron chi connectivity index (χ3n) is 6.42. The van der Waals surface area contributed by atoms with E-state index in [1.807, 2.05) is 6.92 Å². The molecule has 3 aromatic rings. The van der Waals surface area contributed by atoms with Gasteiger partial charge in [-0.1, -0.05) is 37.6 Å². The topological polar surface area (TPSA) is 150 Å². The van der Waals surface area contributed by atoms with Gasteiger partial charge in [0.2, 0.25) is 0 Å². The number of ketones is 1. The number of ether oxygens (including phenoxy) is 2. The van der Waals surface area contributed by atoms with E-state index in [4.69, 9.17) is 9.47 Å². The van der Waals surface area contributed by atoms with Crippen molar-refractivity contribution in [2.75, 3.05) is 6.61 Å². The second kappa shape index (κ2) is 11.9. The molecular weight excluding hydrogens is 532 g/mol. The number of nitro groups is 1. The first-order valence-corrected chi connectivity index (χ1v) is 12.7. The monoisotopic (exact) mass is 558 g/mol. The van der Waals surface area contributed by atoms with Gasteiger partial charge < -0.3 is 9.47 Å².